The number of hydrogen-bond donors (Lipinski definition) is 0. The summed E-state index contributed by atoms with van der Waals surface area (Å²) in [6, 6.07) is 13.0. The molecule has 0 aliphatic carbocycles. The number of benzene rings is 2. The summed E-state index contributed by atoms with van der Waals surface area (Å²) < 4.78 is 13.7. The number of piperazine rings is 1. The van der Waals surface area contributed by atoms with E-state index in [0.717, 1.165) is 5.69 Å². The summed E-state index contributed by atoms with van der Waals surface area (Å²) in [6.45, 7) is 2.68. The van der Waals surface area contributed by atoms with Gasteiger partial charge in [-0.1, -0.05) is 6.07 Å². The molecule has 0 atom stereocenters. The molecule has 122 valence electrons. The number of anilines is 2. The van der Waals surface area contributed by atoms with Crippen LogP contribution in [0.5, 0.6) is 0 Å². The van der Waals surface area contributed by atoms with Crippen LogP contribution in [0.15, 0.2) is 42.5 Å². The second-order valence-corrected chi connectivity index (χ2v) is 5.49. The Balaban J connectivity index is 1.71. The summed E-state index contributed by atoms with van der Waals surface area (Å²) in [5.74, 6) is -0.507. The normalized spacial score (nSPS) is 14.3. The number of nitrogens with zero attached hydrogens (tertiary/aromatic N) is 4. The molecule has 1 saturated heterocycles. The standard InChI is InChI=1S/C17H15FN4O2/c18-16-2-1-3-17(15(16)12-19)21-10-8-20(9-11-21)13-4-6-14(7-5-13)22(23)24/h1-7H,8-11H2. The van der Waals surface area contributed by atoms with Gasteiger partial charge < -0.3 is 9.80 Å². The lowest BCUT2D eigenvalue weighted by atomic mass is 10.1. The van der Waals surface area contributed by atoms with E-state index in [-0.39, 0.29) is 11.3 Å². The molecular weight excluding hydrogens is 311 g/mol. The van der Waals surface area contributed by atoms with Crippen molar-refractivity contribution in [3.8, 4) is 6.07 Å². The number of nitro groups is 1. The van der Waals surface area contributed by atoms with E-state index in [1.54, 1.807) is 24.3 Å². The fraction of sp³-hybridized carbons (Fsp3) is 0.235. The molecule has 2 aromatic rings. The zero-order chi connectivity index (χ0) is 17.1. The third-order valence-electron chi connectivity index (χ3n) is 4.15. The summed E-state index contributed by atoms with van der Waals surface area (Å²) in [7, 11) is 0. The summed E-state index contributed by atoms with van der Waals surface area (Å²) in [5.41, 5.74) is 1.66. The van der Waals surface area contributed by atoms with Gasteiger partial charge in [0.05, 0.1) is 10.6 Å². The van der Waals surface area contributed by atoms with Crippen molar-refractivity contribution in [2.45, 2.75) is 0 Å². The van der Waals surface area contributed by atoms with Crippen LogP contribution >= 0.6 is 0 Å². The Bertz CT molecular complexity index is 793. The van der Waals surface area contributed by atoms with Gasteiger partial charge in [-0.25, -0.2) is 4.39 Å². The van der Waals surface area contributed by atoms with Gasteiger partial charge in [0.15, 0.2) is 0 Å². The molecule has 1 aliphatic rings. The van der Waals surface area contributed by atoms with Crippen LogP contribution in [0.1, 0.15) is 5.56 Å². The number of non-ortho nitro benzene ring substituents is 1. The highest BCUT2D eigenvalue weighted by Gasteiger charge is 2.21. The molecule has 2 aromatic carbocycles. The molecule has 0 amide bonds. The van der Waals surface area contributed by atoms with Crippen molar-refractivity contribution in [3.05, 3.63) is 64.0 Å². The predicted octanol–water partition coefficient (Wildman–Crippen LogP) is 2.93. The fourth-order valence-corrected chi connectivity index (χ4v) is 2.88. The maximum absolute atomic E-state index is 13.7. The molecule has 1 fully saturated rings. The molecule has 0 radical (unpaired) electrons. The highest BCUT2D eigenvalue weighted by molar-refractivity contribution is 5.61. The van der Waals surface area contributed by atoms with E-state index in [9.17, 15) is 14.5 Å². The van der Waals surface area contributed by atoms with Gasteiger partial charge in [0.25, 0.3) is 5.69 Å². The number of halogens is 1. The minimum Gasteiger partial charge on any atom is -0.368 e. The Hall–Kier alpha value is -3.14. The van der Waals surface area contributed by atoms with Crippen LogP contribution in [-0.4, -0.2) is 31.1 Å². The Morgan fingerprint density at radius 3 is 2.25 bits per heavy atom. The summed E-state index contributed by atoms with van der Waals surface area (Å²) >= 11 is 0. The lowest BCUT2D eigenvalue weighted by Crippen LogP contribution is -2.46. The van der Waals surface area contributed by atoms with Crippen LogP contribution in [0.3, 0.4) is 0 Å². The molecule has 0 N–H and O–H groups in total. The third kappa shape index (κ3) is 2.99. The fourth-order valence-electron chi connectivity index (χ4n) is 2.88. The van der Waals surface area contributed by atoms with E-state index < -0.39 is 10.7 Å². The number of nitro benzene ring substituents is 1. The minimum absolute atomic E-state index is 0.0656. The van der Waals surface area contributed by atoms with Crippen molar-refractivity contribution in [2.24, 2.45) is 0 Å². The number of nitriles is 1. The first-order valence-corrected chi connectivity index (χ1v) is 7.53. The Kier molecular flexibility index (Phi) is 4.29. The van der Waals surface area contributed by atoms with Gasteiger partial charge in [0, 0.05) is 44.0 Å². The monoisotopic (exact) mass is 326 g/mol. The van der Waals surface area contributed by atoms with E-state index in [0.29, 0.717) is 31.9 Å². The number of rotatable bonds is 3. The first kappa shape index (κ1) is 15.7. The molecule has 0 unspecified atom stereocenters. The molecule has 0 bridgehead atoms. The van der Waals surface area contributed by atoms with Gasteiger partial charge >= 0.3 is 0 Å². The molecule has 0 saturated carbocycles. The van der Waals surface area contributed by atoms with Crippen molar-refractivity contribution >= 4 is 17.1 Å². The lowest BCUT2D eigenvalue weighted by molar-refractivity contribution is -0.384. The van der Waals surface area contributed by atoms with E-state index in [4.69, 9.17) is 5.26 Å². The van der Waals surface area contributed by atoms with E-state index in [1.165, 1.54) is 18.2 Å². The van der Waals surface area contributed by atoms with Crippen LogP contribution in [0.25, 0.3) is 0 Å². The molecule has 7 heteroatoms. The Labute approximate surface area is 138 Å². The Morgan fingerprint density at radius 2 is 1.67 bits per heavy atom. The molecule has 24 heavy (non-hydrogen) atoms. The van der Waals surface area contributed by atoms with Crippen molar-refractivity contribution < 1.29 is 9.31 Å². The van der Waals surface area contributed by atoms with Gasteiger partial charge in [-0.3, -0.25) is 10.1 Å². The van der Waals surface area contributed by atoms with Crippen molar-refractivity contribution in [3.63, 3.8) is 0 Å². The SMILES string of the molecule is N#Cc1c(F)cccc1N1CCN(c2ccc([N+](=O)[O-])cc2)CC1. The van der Waals surface area contributed by atoms with Crippen molar-refractivity contribution in [1.82, 2.24) is 0 Å². The summed E-state index contributed by atoms with van der Waals surface area (Å²) in [6.07, 6.45) is 0. The van der Waals surface area contributed by atoms with Crippen molar-refractivity contribution in [2.75, 3.05) is 36.0 Å². The van der Waals surface area contributed by atoms with Crippen LogP contribution in [0.2, 0.25) is 0 Å². The largest absolute Gasteiger partial charge is 0.368 e. The molecule has 3 rings (SSSR count). The zero-order valence-corrected chi connectivity index (χ0v) is 12.9. The molecule has 0 spiro atoms. The van der Waals surface area contributed by atoms with Crippen LogP contribution < -0.4 is 9.80 Å². The predicted molar refractivity (Wildman–Crippen MR) is 88.6 cm³/mol. The van der Waals surface area contributed by atoms with Gasteiger partial charge in [-0.05, 0) is 24.3 Å². The smallest absolute Gasteiger partial charge is 0.269 e. The molecular formula is C17H15FN4O2. The molecule has 6 nitrogen and oxygen atoms in total. The quantitative estimate of drug-likeness (QED) is 0.640. The van der Waals surface area contributed by atoms with Crippen LogP contribution in [-0.2, 0) is 0 Å². The average Bonchev–Trinajstić information content (AvgIpc) is 2.62. The van der Waals surface area contributed by atoms with E-state index in [2.05, 4.69) is 4.90 Å². The first-order chi connectivity index (χ1) is 11.6. The topological polar surface area (TPSA) is 73.4 Å². The Morgan fingerprint density at radius 1 is 1.04 bits per heavy atom. The average molecular weight is 326 g/mol. The molecule has 0 aromatic heterocycles. The number of hydrogen-bond acceptors (Lipinski definition) is 5. The lowest BCUT2D eigenvalue weighted by Gasteiger charge is -2.37. The summed E-state index contributed by atoms with van der Waals surface area (Å²) in [4.78, 5) is 14.4. The van der Waals surface area contributed by atoms with Gasteiger partial charge in [0.2, 0.25) is 0 Å². The van der Waals surface area contributed by atoms with Crippen LogP contribution in [0, 0.1) is 27.3 Å². The highest BCUT2D eigenvalue weighted by atomic mass is 19.1. The minimum atomic E-state index is -0.507. The molecule has 1 heterocycles. The molecule has 1 aliphatic heterocycles. The maximum atomic E-state index is 13.7. The van der Waals surface area contributed by atoms with E-state index >= 15 is 0 Å². The van der Waals surface area contributed by atoms with Gasteiger partial charge in [-0.2, -0.15) is 5.26 Å². The highest BCUT2D eigenvalue weighted by Crippen LogP contribution is 2.26. The first-order valence-electron chi connectivity index (χ1n) is 7.53. The van der Waals surface area contributed by atoms with E-state index in [1.807, 2.05) is 11.0 Å². The summed E-state index contributed by atoms with van der Waals surface area (Å²) in [5, 5.41) is 19.9. The second-order valence-electron chi connectivity index (χ2n) is 5.49. The zero-order valence-electron chi connectivity index (χ0n) is 12.9. The van der Waals surface area contributed by atoms with Gasteiger partial charge in [0.1, 0.15) is 17.4 Å². The second kappa shape index (κ2) is 6.54. The van der Waals surface area contributed by atoms with Crippen molar-refractivity contribution in [1.29, 1.82) is 5.26 Å². The van der Waals surface area contributed by atoms with Crippen LogP contribution in [0.4, 0.5) is 21.5 Å². The maximum Gasteiger partial charge on any atom is 0.269 e. The van der Waals surface area contributed by atoms with Gasteiger partial charge in [-0.15, -0.1) is 0 Å². The third-order valence-corrected chi connectivity index (χ3v) is 4.15.